The van der Waals surface area contributed by atoms with Crippen LogP contribution in [-0.2, 0) is 7.05 Å². The third kappa shape index (κ3) is 2.12. The maximum Gasteiger partial charge on any atom is 0.222 e. The van der Waals surface area contributed by atoms with Gasteiger partial charge in [0.05, 0.1) is 0 Å². The standard InChI is InChI=1S/C6H13N5S/c1-11-5(8)9-10-6(11)12-4-2-3-7/h2-4,7H2,1H3,(H2,8,9). The van der Waals surface area contributed by atoms with Gasteiger partial charge in [0.1, 0.15) is 0 Å². The molecular formula is C6H13N5S. The predicted octanol–water partition coefficient (Wildman–Crippen LogP) is -0.162. The second-order valence-corrected chi connectivity index (χ2v) is 3.45. The first-order valence-electron chi connectivity index (χ1n) is 3.73. The number of hydrogen-bond acceptors (Lipinski definition) is 5. The molecule has 0 aliphatic rings. The Labute approximate surface area is 75.5 Å². The molecule has 0 fully saturated rings. The molecule has 0 aliphatic carbocycles. The Kier molecular flexibility index (Phi) is 3.36. The zero-order valence-electron chi connectivity index (χ0n) is 7.03. The van der Waals surface area contributed by atoms with Crippen molar-refractivity contribution in [2.45, 2.75) is 11.6 Å². The highest BCUT2D eigenvalue weighted by atomic mass is 32.2. The van der Waals surface area contributed by atoms with Gasteiger partial charge in [-0.3, -0.25) is 4.57 Å². The maximum absolute atomic E-state index is 5.50. The third-order valence-corrected chi connectivity index (χ3v) is 2.55. The lowest BCUT2D eigenvalue weighted by molar-refractivity contribution is 0.793. The van der Waals surface area contributed by atoms with Crippen LogP contribution in [-0.4, -0.2) is 27.1 Å². The molecule has 0 saturated carbocycles. The highest BCUT2D eigenvalue weighted by Gasteiger charge is 2.04. The molecule has 0 bridgehead atoms. The molecule has 1 heterocycles. The number of nitrogens with two attached hydrogens (primary N) is 2. The summed E-state index contributed by atoms with van der Waals surface area (Å²) in [6.45, 7) is 0.709. The molecule has 12 heavy (non-hydrogen) atoms. The van der Waals surface area contributed by atoms with Crippen LogP contribution in [0.5, 0.6) is 0 Å². The van der Waals surface area contributed by atoms with Crippen LogP contribution >= 0.6 is 11.8 Å². The lowest BCUT2D eigenvalue weighted by Gasteiger charge is -1.99. The molecule has 0 saturated heterocycles. The normalized spacial score (nSPS) is 10.5. The molecule has 0 radical (unpaired) electrons. The van der Waals surface area contributed by atoms with Crippen LogP contribution in [0.4, 0.5) is 5.95 Å². The Morgan fingerprint density at radius 1 is 1.50 bits per heavy atom. The van der Waals surface area contributed by atoms with Crippen molar-refractivity contribution in [3.8, 4) is 0 Å². The third-order valence-electron chi connectivity index (χ3n) is 1.45. The molecule has 0 aliphatic heterocycles. The zero-order chi connectivity index (χ0) is 8.97. The van der Waals surface area contributed by atoms with E-state index in [1.807, 2.05) is 7.05 Å². The molecule has 5 nitrogen and oxygen atoms in total. The van der Waals surface area contributed by atoms with Gasteiger partial charge in [0.25, 0.3) is 0 Å². The van der Waals surface area contributed by atoms with Crippen LogP contribution in [0.1, 0.15) is 6.42 Å². The average molecular weight is 187 g/mol. The number of anilines is 1. The van der Waals surface area contributed by atoms with E-state index in [1.54, 1.807) is 16.3 Å². The molecule has 68 valence electrons. The van der Waals surface area contributed by atoms with E-state index in [1.165, 1.54) is 0 Å². The van der Waals surface area contributed by atoms with E-state index in [0.29, 0.717) is 12.5 Å². The van der Waals surface area contributed by atoms with Crippen molar-refractivity contribution in [2.24, 2.45) is 12.8 Å². The molecule has 0 aromatic carbocycles. The Bertz CT molecular complexity index is 246. The van der Waals surface area contributed by atoms with Crippen LogP contribution in [0, 0.1) is 0 Å². The lowest BCUT2D eigenvalue weighted by atomic mass is 10.5. The fraction of sp³-hybridized carbons (Fsp3) is 0.667. The van der Waals surface area contributed by atoms with Crippen LogP contribution in [0.25, 0.3) is 0 Å². The van der Waals surface area contributed by atoms with Crippen molar-refractivity contribution in [3.63, 3.8) is 0 Å². The van der Waals surface area contributed by atoms with Crippen LogP contribution in [0.2, 0.25) is 0 Å². The maximum atomic E-state index is 5.50. The van der Waals surface area contributed by atoms with Gasteiger partial charge < -0.3 is 11.5 Å². The van der Waals surface area contributed by atoms with E-state index in [-0.39, 0.29) is 0 Å². The van der Waals surface area contributed by atoms with E-state index in [4.69, 9.17) is 11.5 Å². The summed E-state index contributed by atoms with van der Waals surface area (Å²) in [5, 5.41) is 8.48. The van der Waals surface area contributed by atoms with Crippen molar-refractivity contribution in [1.29, 1.82) is 0 Å². The fourth-order valence-electron chi connectivity index (χ4n) is 0.699. The Morgan fingerprint density at radius 2 is 2.25 bits per heavy atom. The monoisotopic (exact) mass is 187 g/mol. The molecule has 6 heteroatoms. The van der Waals surface area contributed by atoms with Crippen molar-refractivity contribution in [1.82, 2.24) is 14.8 Å². The second kappa shape index (κ2) is 4.32. The van der Waals surface area contributed by atoms with Gasteiger partial charge in [-0.2, -0.15) is 0 Å². The summed E-state index contributed by atoms with van der Waals surface area (Å²) in [5.74, 6) is 1.41. The van der Waals surface area contributed by atoms with Gasteiger partial charge in [-0.15, -0.1) is 10.2 Å². The highest BCUT2D eigenvalue weighted by Crippen LogP contribution is 2.16. The largest absolute Gasteiger partial charge is 0.368 e. The van der Waals surface area contributed by atoms with Crippen molar-refractivity contribution < 1.29 is 0 Å². The van der Waals surface area contributed by atoms with Crippen LogP contribution in [0.15, 0.2) is 5.16 Å². The van der Waals surface area contributed by atoms with Gasteiger partial charge in [0.2, 0.25) is 5.95 Å². The zero-order valence-corrected chi connectivity index (χ0v) is 7.84. The van der Waals surface area contributed by atoms with Crippen LogP contribution < -0.4 is 11.5 Å². The molecule has 1 rings (SSSR count). The molecule has 0 amide bonds. The minimum atomic E-state index is 0.449. The van der Waals surface area contributed by atoms with Gasteiger partial charge in [-0.25, -0.2) is 0 Å². The summed E-state index contributed by atoms with van der Waals surface area (Å²) in [6, 6.07) is 0. The number of nitrogen functional groups attached to an aromatic ring is 1. The van der Waals surface area contributed by atoms with E-state index in [0.717, 1.165) is 17.3 Å². The number of aromatic nitrogens is 3. The Balaban J connectivity index is 2.46. The molecule has 1 aromatic heterocycles. The quantitative estimate of drug-likeness (QED) is 0.505. The summed E-state index contributed by atoms with van der Waals surface area (Å²) in [5.41, 5.74) is 10.9. The smallest absolute Gasteiger partial charge is 0.222 e. The fourth-order valence-corrected chi connectivity index (χ4v) is 1.58. The van der Waals surface area contributed by atoms with E-state index >= 15 is 0 Å². The van der Waals surface area contributed by atoms with Gasteiger partial charge >= 0.3 is 0 Å². The Hall–Kier alpha value is -0.750. The molecule has 0 atom stereocenters. The number of thioether (sulfide) groups is 1. The molecular weight excluding hydrogens is 174 g/mol. The van der Waals surface area contributed by atoms with E-state index in [2.05, 4.69) is 10.2 Å². The molecule has 0 spiro atoms. The Morgan fingerprint density at radius 3 is 2.75 bits per heavy atom. The van der Waals surface area contributed by atoms with Gasteiger partial charge in [0, 0.05) is 12.8 Å². The second-order valence-electron chi connectivity index (χ2n) is 2.39. The number of nitrogens with zero attached hydrogens (tertiary/aromatic N) is 3. The molecule has 0 unspecified atom stereocenters. The van der Waals surface area contributed by atoms with Gasteiger partial charge in [-0.1, -0.05) is 11.8 Å². The summed E-state index contributed by atoms with van der Waals surface area (Å²) in [4.78, 5) is 0. The van der Waals surface area contributed by atoms with E-state index < -0.39 is 0 Å². The summed E-state index contributed by atoms with van der Waals surface area (Å²) >= 11 is 1.62. The first kappa shape index (κ1) is 9.34. The van der Waals surface area contributed by atoms with Crippen LogP contribution in [0.3, 0.4) is 0 Å². The lowest BCUT2D eigenvalue weighted by Crippen LogP contribution is -2.01. The summed E-state index contributed by atoms with van der Waals surface area (Å²) in [7, 11) is 1.85. The first-order chi connectivity index (χ1) is 5.75. The van der Waals surface area contributed by atoms with Crippen molar-refractivity contribution >= 4 is 17.7 Å². The first-order valence-corrected chi connectivity index (χ1v) is 4.72. The average Bonchev–Trinajstić information content (AvgIpc) is 2.36. The van der Waals surface area contributed by atoms with Crippen molar-refractivity contribution in [3.05, 3.63) is 0 Å². The molecule has 1 aromatic rings. The summed E-state index contributed by atoms with van der Waals surface area (Å²) in [6.07, 6.45) is 0.984. The predicted molar refractivity (Wildman–Crippen MR) is 49.8 cm³/mol. The van der Waals surface area contributed by atoms with Crippen molar-refractivity contribution in [2.75, 3.05) is 18.0 Å². The highest BCUT2D eigenvalue weighted by molar-refractivity contribution is 7.99. The SMILES string of the molecule is Cn1c(N)nnc1SCCCN. The van der Waals surface area contributed by atoms with Gasteiger partial charge in [-0.05, 0) is 13.0 Å². The summed E-state index contributed by atoms with van der Waals surface area (Å²) < 4.78 is 1.77. The number of hydrogen-bond donors (Lipinski definition) is 2. The topological polar surface area (TPSA) is 82.8 Å². The molecule has 4 N–H and O–H groups in total. The minimum Gasteiger partial charge on any atom is -0.368 e. The van der Waals surface area contributed by atoms with E-state index in [9.17, 15) is 0 Å². The van der Waals surface area contributed by atoms with Gasteiger partial charge in [0.15, 0.2) is 5.16 Å². The minimum absolute atomic E-state index is 0.449. The number of rotatable bonds is 4.